The summed E-state index contributed by atoms with van der Waals surface area (Å²) >= 11 is 3.42. The van der Waals surface area contributed by atoms with Gasteiger partial charge in [-0.15, -0.1) is 24.0 Å². The molecule has 24 heavy (non-hydrogen) atoms. The molecule has 0 aromatic heterocycles. The fourth-order valence-corrected chi connectivity index (χ4v) is 2.00. The zero-order valence-electron chi connectivity index (χ0n) is 14.8. The Morgan fingerprint density at radius 2 is 1.83 bits per heavy atom. The summed E-state index contributed by atoms with van der Waals surface area (Å²) in [6.07, 6.45) is 1.06. The molecule has 5 nitrogen and oxygen atoms in total. The highest BCUT2D eigenvalue weighted by Gasteiger charge is 2.06. The van der Waals surface area contributed by atoms with E-state index in [0.29, 0.717) is 18.4 Å². The Hall–Kier alpha value is -0.830. The molecule has 136 valence electrons. The highest BCUT2D eigenvalue weighted by molar-refractivity contribution is 14.0. The summed E-state index contributed by atoms with van der Waals surface area (Å²) in [6.45, 7) is 6.01. The van der Waals surface area contributed by atoms with Crippen LogP contribution in [0.4, 0.5) is 0 Å². The van der Waals surface area contributed by atoms with E-state index in [2.05, 4.69) is 45.4 Å². The standard InChI is InChI=1S/C17H27BrN4O.HI/c1-13(2)9-10-19-17(21-12-16(23)22(3)4)20-11-14-5-7-15(18)8-6-14;/h5-8,13H,9-12H2,1-4H3,(H2,19,20,21);1H. The van der Waals surface area contributed by atoms with E-state index >= 15 is 0 Å². The lowest BCUT2D eigenvalue weighted by molar-refractivity contribution is -0.127. The van der Waals surface area contributed by atoms with Crippen molar-refractivity contribution < 1.29 is 4.79 Å². The predicted octanol–water partition coefficient (Wildman–Crippen LogP) is 3.24. The van der Waals surface area contributed by atoms with Crippen LogP contribution in [0.15, 0.2) is 33.7 Å². The molecule has 1 rings (SSSR count). The lowest BCUT2D eigenvalue weighted by atomic mass is 10.1. The first kappa shape index (κ1) is 23.2. The zero-order chi connectivity index (χ0) is 17.2. The van der Waals surface area contributed by atoms with Gasteiger partial charge in [0.25, 0.3) is 0 Å². The van der Waals surface area contributed by atoms with Crippen LogP contribution in [0.3, 0.4) is 0 Å². The maximum absolute atomic E-state index is 11.7. The SMILES string of the molecule is CC(C)CCNC(=NCc1ccc(Br)cc1)NCC(=O)N(C)C.I. The second-order valence-corrected chi connectivity index (χ2v) is 6.96. The van der Waals surface area contributed by atoms with Crippen molar-refractivity contribution in [3.8, 4) is 0 Å². The minimum atomic E-state index is 0. The predicted molar refractivity (Wildman–Crippen MR) is 115 cm³/mol. The number of carbonyl (C=O) groups excluding carboxylic acids is 1. The topological polar surface area (TPSA) is 56.7 Å². The molecule has 0 radical (unpaired) electrons. The van der Waals surface area contributed by atoms with Crippen LogP contribution in [0.25, 0.3) is 0 Å². The fraction of sp³-hybridized carbons (Fsp3) is 0.529. The number of nitrogens with one attached hydrogen (secondary N) is 2. The van der Waals surface area contributed by atoms with E-state index in [1.165, 1.54) is 0 Å². The Bertz CT molecular complexity index is 518. The van der Waals surface area contributed by atoms with Gasteiger partial charge >= 0.3 is 0 Å². The summed E-state index contributed by atoms with van der Waals surface area (Å²) in [6, 6.07) is 8.06. The van der Waals surface area contributed by atoms with Crippen LogP contribution < -0.4 is 10.6 Å². The molecule has 0 fully saturated rings. The van der Waals surface area contributed by atoms with Gasteiger partial charge in [-0.05, 0) is 30.0 Å². The number of hydrogen-bond acceptors (Lipinski definition) is 2. The fourth-order valence-electron chi connectivity index (χ4n) is 1.73. The number of benzene rings is 1. The van der Waals surface area contributed by atoms with Crippen molar-refractivity contribution >= 4 is 51.8 Å². The van der Waals surface area contributed by atoms with Gasteiger partial charge in [0.1, 0.15) is 0 Å². The number of aliphatic imine (C=N–C) groups is 1. The average molecular weight is 511 g/mol. The van der Waals surface area contributed by atoms with Crippen LogP contribution in [0.2, 0.25) is 0 Å². The van der Waals surface area contributed by atoms with E-state index in [9.17, 15) is 4.79 Å². The summed E-state index contributed by atoms with van der Waals surface area (Å²) in [5, 5.41) is 6.38. The van der Waals surface area contributed by atoms with Crippen LogP contribution in [-0.4, -0.2) is 44.0 Å². The number of halogens is 2. The van der Waals surface area contributed by atoms with Gasteiger partial charge in [0.05, 0.1) is 13.1 Å². The minimum absolute atomic E-state index is 0. The van der Waals surface area contributed by atoms with Crippen molar-refractivity contribution in [2.24, 2.45) is 10.9 Å². The van der Waals surface area contributed by atoms with E-state index in [4.69, 9.17) is 0 Å². The number of nitrogens with zero attached hydrogens (tertiary/aromatic N) is 2. The lowest BCUT2D eigenvalue weighted by Gasteiger charge is -2.15. The first-order valence-electron chi connectivity index (χ1n) is 7.85. The van der Waals surface area contributed by atoms with Gasteiger partial charge in [0.2, 0.25) is 5.91 Å². The Morgan fingerprint density at radius 1 is 1.21 bits per heavy atom. The molecule has 0 saturated carbocycles. The molecule has 0 atom stereocenters. The van der Waals surface area contributed by atoms with Gasteiger partial charge in [0.15, 0.2) is 5.96 Å². The molecule has 1 aromatic carbocycles. The van der Waals surface area contributed by atoms with Crippen molar-refractivity contribution in [1.29, 1.82) is 0 Å². The normalized spacial score (nSPS) is 11.0. The number of amides is 1. The number of hydrogen-bond donors (Lipinski definition) is 2. The van der Waals surface area contributed by atoms with Crippen LogP contribution in [-0.2, 0) is 11.3 Å². The van der Waals surface area contributed by atoms with Crippen LogP contribution in [0, 0.1) is 5.92 Å². The Kier molecular flexibility index (Phi) is 12.1. The molecule has 0 unspecified atom stereocenters. The third kappa shape index (κ3) is 10.1. The highest BCUT2D eigenvalue weighted by Crippen LogP contribution is 2.11. The molecule has 0 aliphatic carbocycles. The first-order valence-corrected chi connectivity index (χ1v) is 8.64. The molecule has 0 heterocycles. The number of carbonyl (C=O) groups is 1. The summed E-state index contributed by atoms with van der Waals surface area (Å²) in [5.41, 5.74) is 1.12. The van der Waals surface area contributed by atoms with E-state index in [1.807, 2.05) is 24.3 Å². The van der Waals surface area contributed by atoms with Gasteiger partial charge < -0.3 is 15.5 Å². The van der Waals surface area contributed by atoms with Crippen molar-refractivity contribution in [3.63, 3.8) is 0 Å². The summed E-state index contributed by atoms with van der Waals surface area (Å²) in [4.78, 5) is 17.8. The molecule has 0 aliphatic rings. The minimum Gasteiger partial charge on any atom is -0.356 e. The second kappa shape index (κ2) is 12.5. The maximum Gasteiger partial charge on any atom is 0.241 e. The molecular weight excluding hydrogens is 483 g/mol. The van der Waals surface area contributed by atoms with Crippen molar-refractivity contribution in [1.82, 2.24) is 15.5 Å². The molecule has 0 spiro atoms. The molecule has 0 saturated heterocycles. The lowest BCUT2D eigenvalue weighted by Crippen LogP contribution is -2.43. The molecule has 0 bridgehead atoms. The number of rotatable bonds is 7. The van der Waals surface area contributed by atoms with Gasteiger partial charge in [-0.2, -0.15) is 0 Å². The molecule has 7 heteroatoms. The Balaban J connectivity index is 0.00000529. The largest absolute Gasteiger partial charge is 0.356 e. The van der Waals surface area contributed by atoms with E-state index in [1.54, 1.807) is 19.0 Å². The van der Waals surface area contributed by atoms with Crippen molar-refractivity contribution in [2.45, 2.75) is 26.8 Å². The van der Waals surface area contributed by atoms with Gasteiger partial charge in [-0.1, -0.05) is 41.9 Å². The van der Waals surface area contributed by atoms with Crippen molar-refractivity contribution in [2.75, 3.05) is 27.2 Å². The molecule has 1 aromatic rings. The van der Waals surface area contributed by atoms with Crippen molar-refractivity contribution in [3.05, 3.63) is 34.3 Å². The quantitative estimate of drug-likeness (QED) is 0.336. The highest BCUT2D eigenvalue weighted by atomic mass is 127. The Morgan fingerprint density at radius 3 is 2.38 bits per heavy atom. The van der Waals surface area contributed by atoms with E-state index < -0.39 is 0 Å². The average Bonchev–Trinajstić information content (AvgIpc) is 2.50. The summed E-state index contributed by atoms with van der Waals surface area (Å²) in [7, 11) is 3.49. The molecular formula is C17H28BrIN4O. The summed E-state index contributed by atoms with van der Waals surface area (Å²) < 4.78 is 1.05. The van der Waals surface area contributed by atoms with Crippen LogP contribution in [0.5, 0.6) is 0 Å². The third-order valence-electron chi connectivity index (χ3n) is 3.25. The first-order chi connectivity index (χ1) is 10.9. The number of likely N-dealkylation sites (N-methyl/N-ethyl adjacent to an activating group) is 1. The molecule has 1 amide bonds. The third-order valence-corrected chi connectivity index (χ3v) is 3.78. The van der Waals surface area contributed by atoms with E-state index in [0.717, 1.165) is 23.0 Å². The second-order valence-electron chi connectivity index (χ2n) is 6.04. The summed E-state index contributed by atoms with van der Waals surface area (Å²) in [5.74, 6) is 1.31. The van der Waals surface area contributed by atoms with Gasteiger partial charge in [-0.3, -0.25) is 4.79 Å². The Labute approximate surface area is 170 Å². The van der Waals surface area contributed by atoms with Crippen LogP contribution >= 0.6 is 39.9 Å². The van der Waals surface area contributed by atoms with Gasteiger partial charge in [-0.25, -0.2) is 4.99 Å². The maximum atomic E-state index is 11.7. The number of guanidine groups is 1. The zero-order valence-corrected chi connectivity index (χ0v) is 18.7. The monoisotopic (exact) mass is 510 g/mol. The van der Waals surface area contributed by atoms with Gasteiger partial charge in [0, 0.05) is 25.1 Å². The van der Waals surface area contributed by atoms with Crippen LogP contribution in [0.1, 0.15) is 25.8 Å². The van der Waals surface area contributed by atoms with E-state index in [-0.39, 0.29) is 36.4 Å². The smallest absolute Gasteiger partial charge is 0.241 e. The molecule has 2 N–H and O–H groups in total. The molecule has 0 aliphatic heterocycles.